The van der Waals surface area contributed by atoms with Crippen LogP contribution in [0.1, 0.15) is 36.8 Å². The quantitative estimate of drug-likeness (QED) is 0.879. The molecular weight excluding hydrogens is 286 g/mol. The molecule has 0 saturated carbocycles. The van der Waals surface area contributed by atoms with Crippen molar-refractivity contribution in [2.45, 2.75) is 37.8 Å². The van der Waals surface area contributed by atoms with Crippen LogP contribution < -0.4 is 5.32 Å². The Morgan fingerprint density at radius 3 is 2.13 bits per heavy atom. The van der Waals surface area contributed by atoms with Crippen LogP contribution in [0.4, 0.5) is 0 Å². The fraction of sp³-hybridized carbons (Fsp3) is 0.350. The van der Waals surface area contributed by atoms with Gasteiger partial charge in [0.1, 0.15) is 6.10 Å². The van der Waals surface area contributed by atoms with Gasteiger partial charge in [-0.25, -0.2) is 0 Å². The second-order valence-electron chi connectivity index (χ2n) is 6.07. The molecule has 3 rings (SSSR count). The summed E-state index contributed by atoms with van der Waals surface area (Å²) in [7, 11) is 0. The van der Waals surface area contributed by atoms with Gasteiger partial charge >= 0.3 is 5.97 Å². The highest BCUT2D eigenvalue weighted by molar-refractivity contribution is 5.66. The van der Waals surface area contributed by atoms with Crippen LogP contribution in [0.5, 0.6) is 0 Å². The standard InChI is InChI=1S/C20H23NO2/c1-15(22)23-18-13-8-14-21-20(18)19(16-9-4-2-5-10-16)17-11-6-3-7-12-17/h2-7,9-12,18-21H,8,13-14H2,1H3. The van der Waals surface area contributed by atoms with E-state index < -0.39 is 0 Å². The molecule has 0 aromatic heterocycles. The Hall–Kier alpha value is -2.13. The Morgan fingerprint density at radius 1 is 1.04 bits per heavy atom. The number of benzene rings is 2. The van der Waals surface area contributed by atoms with E-state index in [1.165, 1.54) is 18.1 Å². The molecule has 2 aromatic rings. The molecule has 1 aliphatic heterocycles. The van der Waals surface area contributed by atoms with E-state index in [2.05, 4.69) is 53.8 Å². The third-order valence-electron chi connectivity index (χ3n) is 4.44. The van der Waals surface area contributed by atoms with Gasteiger partial charge in [-0.1, -0.05) is 60.7 Å². The zero-order valence-electron chi connectivity index (χ0n) is 13.4. The predicted octanol–water partition coefficient (Wildman–Crippen LogP) is 3.50. The lowest BCUT2D eigenvalue weighted by Crippen LogP contribution is -2.50. The molecule has 1 heterocycles. The number of hydrogen-bond acceptors (Lipinski definition) is 3. The first kappa shape index (κ1) is 15.8. The molecule has 0 amide bonds. The number of hydrogen-bond donors (Lipinski definition) is 1. The van der Waals surface area contributed by atoms with Gasteiger partial charge in [0, 0.05) is 12.8 Å². The average molecular weight is 309 g/mol. The molecule has 23 heavy (non-hydrogen) atoms. The van der Waals surface area contributed by atoms with Gasteiger partial charge in [-0.2, -0.15) is 0 Å². The van der Waals surface area contributed by atoms with Gasteiger partial charge < -0.3 is 10.1 Å². The van der Waals surface area contributed by atoms with Crippen LogP contribution in [0.25, 0.3) is 0 Å². The molecule has 2 unspecified atom stereocenters. The van der Waals surface area contributed by atoms with Crippen LogP contribution in [-0.4, -0.2) is 24.7 Å². The van der Waals surface area contributed by atoms with Crippen molar-refractivity contribution in [1.29, 1.82) is 0 Å². The number of carbonyl (C=O) groups excluding carboxylic acids is 1. The van der Waals surface area contributed by atoms with Crippen molar-refractivity contribution < 1.29 is 9.53 Å². The lowest BCUT2D eigenvalue weighted by Gasteiger charge is -2.38. The molecule has 1 saturated heterocycles. The first-order chi connectivity index (χ1) is 11.3. The van der Waals surface area contributed by atoms with E-state index in [1.807, 2.05) is 12.1 Å². The highest BCUT2D eigenvalue weighted by atomic mass is 16.5. The second-order valence-corrected chi connectivity index (χ2v) is 6.07. The number of nitrogens with one attached hydrogen (secondary N) is 1. The number of esters is 1. The van der Waals surface area contributed by atoms with Crippen LogP contribution >= 0.6 is 0 Å². The van der Waals surface area contributed by atoms with E-state index >= 15 is 0 Å². The topological polar surface area (TPSA) is 38.3 Å². The zero-order valence-corrected chi connectivity index (χ0v) is 13.4. The molecule has 1 fully saturated rings. The lowest BCUT2D eigenvalue weighted by atomic mass is 9.80. The summed E-state index contributed by atoms with van der Waals surface area (Å²) in [6.07, 6.45) is 1.85. The molecule has 0 aliphatic carbocycles. The minimum atomic E-state index is -0.205. The smallest absolute Gasteiger partial charge is 0.302 e. The van der Waals surface area contributed by atoms with Crippen molar-refractivity contribution in [2.24, 2.45) is 0 Å². The fourth-order valence-electron chi connectivity index (χ4n) is 3.49. The first-order valence-electron chi connectivity index (χ1n) is 8.26. The van der Waals surface area contributed by atoms with Crippen LogP contribution in [-0.2, 0) is 9.53 Å². The van der Waals surface area contributed by atoms with Crippen molar-refractivity contribution in [3.05, 3.63) is 71.8 Å². The van der Waals surface area contributed by atoms with Crippen molar-refractivity contribution in [3.8, 4) is 0 Å². The van der Waals surface area contributed by atoms with Gasteiger partial charge in [-0.3, -0.25) is 4.79 Å². The van der Waals surface area contributed by atoms with E-state index in [9.17, 15) is 4.79 Å². The number of piperidine rings is 1. The Morgan fingerprint density at radius 2 is 1.61 bits per heavy atom. The van der Waals surface area contributed by atoms with Gasteiger partial charge in [0.2, 0.25) is 0 Å². The maximum atomic E-state index is 11.5. The Bertz CT molecular complexity index is 587. The van der Waals surface area contributed by atoms with Gasteiger partial charge in [0.25, 0.3) is 0 Å². The average Bonchev–Trinajstić information content (AvgIpc) is 2.58. The van der Waals surface area contributed by atoms with E-state index in [4.69, 9.17) is 4.74 Å². The number of rotatable bonds is 4. The number of carbonyl (C=O) groups is 1. The van der Waals surface area contributed by atoms with Crippen LogP contribution in [0.3, 0.4) is 0 Å². The molecule has 3 nitrogen and oxygen atoms in total. The van der Waals surface area contributed by atoms with Gasteiger partial charge in [-0.05, 0) is 30.5 Å². The van der Waals surface area contributed by atoms with Crippen molar-refractivity contribution in [1.82, 2.24) is 5.32 Å². The summed E-state index contributed by atoms with van der Waals surface area (Å²) in [6.45, 7) is 2.45. The highest BCUT2D eigenvalue weighted by Crippen LogP contribution is 2.33. The van der Waals surface area contributed by atoms with Gasteiger partial charge in [-0.15, -0.1) is 0 Å². The summed E-state index contributed by atoms with van der Waals surface area (Å²) >= 11 is 0. The lowest BCUT2D eigenvalue weighted by molar-refractivity contribution is -0.149. The third-order valence-corrected chi connectivity index (χ3v) is 4.44. The third kappa shape index (κ3) is 3.80. The normalized spacial score (nSPS) is 21.1. The molecule has 0 spiro atoms. The summed E-state index contributed by atoms with van der Waals surface area (Å²) in [5.41, 5.74) is 2.49. The summed E-state index contributed by atoms with van der Waals surface area (Å²) in [4.78, 5) is 11.5. The van der Waals surface area contributed by atoms with Gasteiger partial charge in [0.15, 0.2) is 0 Å². The second kappa shape index (κ2) is 7.42. The van der Waals surface area contributed by atoms with Crippen LogP contribution in [0.2, 0.25) is 0 Å². The van der Waals surface area contributed by atoms with E-state index in [1.54, 1.807) is 0 Å². The van der Waals surface area contributed by atoms with Crippen molar-refractivity contribution in [2.75, 3.05) is 6.54 Å². The Labute approximate surface area is 137 Å². The summed E-state index contributed by atoms with van der Waals surface area (Å²) in [6, 6.07) is 21.0. The van der Waals surface area contributed by atoms with Gasteiger partial charge in [0.05, 0.1) is 6.04 Å². The van der Waals surface area contributed by atoms with Crippen molar-refractivity contribution >= 4 is 5.97 Å². The molecule has 2 atom stereocenters. The van der Waals surface area contributed by atoms with Crippen LogP contribution in [0, 0.1) is 0 Å². The summed E-state index contributed by atoms with van der Waals surface area (Å²) in [5.74, 6) is -0.0365. The minimum Gasteiger partial charge on any atom is -0.461 e. The fourth-order valence-corrected chi connectivity index (χ4v) is 3.49. The Balaban J connectivity index is 1.98. The first-order valence-corrected chi connectivity index (χ1v) is 8.26. The SMILES string of the molecule is CC(=O)OC1CCCNC1C(c1ccccc1)c1ccccc1. The van der Waals surface area contributed by atoms with Crippen LogP contribution in [0.15, 0.2) is 60.7 Å². The van der Waals surface area contributed by atoms with E-state index in [0.29, 0.717) is 0 Å². The Kier molecular flexibility index (Phi) is 5.09. The zero-order chi connectivity index (χ0) is 16.1. The molecule has 3 heteroatoms. The maximum Gasteiger partial charge on any atom is 0.302 e. The molecule has 0 radical (unpaired) electrons. The summed E-state index contributed by atoms with van der Waals surface area (Å²) < 4.78 is 5.63. The highest BCUT2D eigenvalue weighted by Gasteiger charge is 2.35. The number of ether oxygens (including phenoxy) is 1. The molecule has 0 bridgehead atoms. The maximum absolute atomic E-state index is 11.5. The molecular formula is C20H23NO2. The molecule has 1 N–H and O–H groups in total. The predicted molar refractivity (Wildman–Crippen MR) is 91.3 cm³/mol. The monoisotopic (exact) mass is 309 g/mol. The van der Waals surface area contributed by atoms with E-state index in [-0.39, 0.29) is 24.0 Å². The van der Waals surface area contributed by atoms with Crippen molar-refractivity contribution in [3.63, 3.8) is 0 Å². The minimum absolute atomic E-state index is 0.0911. The molecule has 1 aliphatic rings. The van der Waals surface area contributed by atoms with E-state index in [0.717, 1.165) is 19.4 Å². The molecule has 120 valence electrons. The molecule has 2 aromatic carbocycles. The largest absolute Gasteiger partial charge is 0.461 e. The summed E-state index contributed by atoms with van der Waals surface area (Å²) in [5, 5.41) is 3.59.